The molecule has 0 saturated carbocycles. The molecule has 0 aliphatic carbocycles. The van der Waals surface area contributed by atoms with Gasteiger partial charge in [-0.25, -0.2) is 10.2 Å². The molecule has 0 aliphatic heterocycles. The molecule has 12 heteroatoms. The van der Waals surface area contributed by atoms with Crippen LogP contribution in [-0.4, -0.2) is 37.1 Å². The molecule has 0 radical (unpaired) electrons. The highest BCUT2D eigenvalue weighted by Gasteiger charge is 2.15. The van der Waals surface area contributed by atoms with E-state index < -0.39 is 23.8 Å². The number of nitrogens with zero attached hydrogens (tertiary/aromatic N) is 1. The number of rotatable bonds is 9. The fourth-order valence-corrected chi connectivity index (χ4v) is 4.18. The van der Waals surface area contributed by atoms with Crippen molar-refractivity contribution in [2.75, 3.05) is 12.4 Å². The van der Waals surface area contributed by atoms with E-state index in [1.807, 2.05) is 0 Å². The first-order valence-electron chi connectivity index (χ1n) is 12.5. The summed E-state index contributed by atoms with van der Waals surface area (Å²) in [4.78, 5) is 49.5. The maximum atomic E-state index is 12.8. The predicted octanol–water partition coefficient (Wildman–Crippen LogP) is 6.27. The van der Waals surface area contributed by atoms with E-state index >= 15 is 0 Å². The molecular weight excluding hydrogens is 642 g/mol. The van der Waals surface area contributed by atoms with Gasteiger partial charge in [-0.1, -0.05) is 33.6 Å². The van der Waals surface area contributed by atoms with E-state index in [9.17, 15) is 19.2 Å². The Morgan fingerprint density at radius 1 is 0.791 bits per heavy atom. The van der Waals surface area contributed by atoms with Crippen LogP contribution >= 0.6 is 27.5 Å². The molecule has 0 bridgehead atoms. The number of carbonyl (C=O) groups is 4. The zero-order valence-electron chi connectivity index (χ0n) is 22.7. The first-order valence-corrected chi connectivity index (χ1v) is 13.7. The highest BCUT2D eigenvalue weighted by atomic mass is 79.9. The Kier molecular flexibility index (Phi) is 10.3. The second-order valence-electron chi connectivity index (χ2n) is 8.77. The smallest absolute Gasteiger partial charge is 0.343 e. The lowest BCUT2D eigenvalue weighted by molar-refractivity contribution is -0.132. The lowest BCUT2D eigenvalue weighted by Crippen LogP contribution is -2.18. The number of carbonyl (C=O) groups excluding carboxylic acids is 4. The minimum atomic E-state index is -0.588. The number of amides is 2. The Bertz CT molecular complexity index is 1730. The van der Waals surface area contributed by atoms with Crippen molar-refractivity contribution >= 4 is 63.2 Å². The van der Waals surface area contributed by atoms with Crippen molar-refractivity contribution in [2.24, 2.45) is 5.10 Å². The number of benzene rings is 4. The summed E-state index contributed by atoms with van der Waals surface area (Å²) >= 11 is 9.26. The molecule has 0 aliphatic rings. The lowest BCUT2D eigenvalue weighted by Gasteiger charge is -2.11. The summed E-state index contributed by atoms with van der Waals surface area (Å²) in [6.07, 6.45) is 1.34. The molecule has 0 fully saturated rings. The lowest BCUT2D eigenvalue weighted by atomic mass is 10.1. The minimum absolute atomic E-state index is 0.181. The molecule has 4 aromatic rings. The van der Waals surface area contributed by atoms with E-state index in [-0.39, 0.29) is 28.4 Å². The molecule has 0 spiro atoms. The largest absolute Gasteiger partial charge is 0.493 e. The number of hydrogen-bond acceptors (Lipinski definition) is 8. The summed E-state index contributed by atoms with van der Waals surface area (Å²) < 4.78 is 16.5. The normalized spacial score (nSPS) is 10.6. The molecule has 43 heavy (non-hydrogen) atoms. The maximum Gasteiger partial charge on any atom is 0.343 e. The molecule has 0 aromatic heterocycles. The standard InChI is InChI=1S/C31H23BrClN3O7/c1-18(37)42-27-12-8-21(16-28(27)41-2)29(38)35-25-5-3-4-20(15-25)30(39)36-34-17-22-14-23(32)9-13-26(22)43-31(40)19-6-10-24(33)11-7-19/h3-17H,1-2H3,(H,35,38)(H,36,39). The second kappa shape index (κ2) is 14.3. The average Bonchev–Trinajstić information content (AvgIpc) is 2.98. The molecule has 2 amide bonds. The highest BCUT2D eigenvalue weighted by molar-refractivity contribution is 9.10. The van der Waals surface area contributed by atoms with E-state index in [0.29, 0.717) is 26.3 Å². The van der Waals surface area contributed by atoms with Gasteiger partial charge in [-0.3, -0.25) is 14.4 Å². The molecule has 0 atom stereocenters. The van der Waals surface area contributed by atoms with Crippen LogP contribution in [0, 0.1) is 0 Å². The fourth-order valence-electron chi connectivity index (χ4n) is 3.67. The van der Waals surface area contributed by atoms with Gasteiger partial charge in [0.1, 0.15) is 5.75 Å². The summed E-state index contributed by atoms with van der Waals surface area (Å²) in [5.41, 5.74) is 3.98. The van der Waals surface area contributed by atoms with E-state index in [4.69, 9.17) is 25.8 Å². The van der Waals surface area contributed by atoms with E-state index in [0.717, 1.165) is 0 Å². The second-order valence-corrected chi connectivity index (χ2v) is 10.1. The molecular formula is C31H23BrClN3O7. The summed E-state index contributed by atoms with van der Waals surface area (Å²) in [5.74, 6) is -1.51. The van der Waals surface area contributed by atoms with Crippen LogP contribution in [0.5, 0.6) is 17.2 Å². The van der Waals surface area contributed by atoms with E-state index in [1.165, 1.54) is 44.5 Å². The Morgan fingerprint density at radius 2 is 1.49 bits per heavy atom. The molecule has 0 saturated heterocycles. The van der Waals surface area contributed by atoms with Crippen LogP contribution in [-0.2, 0) is 4.79 Å². The Hall–Kier alpha value is -5.00. The third-order valence-corrected chi connectivity index (χ3v) is 6.43. The van der Waals surface area contributed by atoms with Gasteiger partial charge in [-0.2, -0.15) is 5.10 Å². The van der Waals surface area contributed by atoms with Gasteiger partial charge >= 0.3 is 11.9 Å². The third kappa shape index (κ3) is 8.51. The van der Waals surface area contributed by atoms with Gasteiger partial charge < -0.3 is 19.5 Å². The van der Waals surface area contributed by atoms with E-state index in [1.54, 1.807) is 60.7 Å². The molecule has 0 unspecified atom stereocenters. The number of anilines is 1. The van der Waals surface area contributed by atoms with Gasteiger partial charge in [0, 0.05) is 38.8 Å². The van der Waals surface area contributed by atoms with Gasteiger partial charge in [0.15, 0.2) is 11.5 Å². The van der Waals surface area contributed by atoms with Crippen LogP contribution in [0.1, 0.15) is 43.6 Å². The van der Waals surface area contributed by atoms with Crippen LogP contribution in [0.3, 0.4) is 0 Å². The topological polar surface area (TPSA) is 132 Å². The van der Waals surface area contributed by atoms with Crippen molar-refractivity contribution in [1.82, 2.24) is 5.43 Å². The highest BCUT2D eigenvalue weighted by Crippen LogP contribution is 2.29. The average molecular weight is 665 g/mol. The van der Waals surface area contributed by atoms with Crippen molar-refractivity contribution in [3.63, 3.8) is 0 Å². The van der Waals surface area contributed by atoms with Gasteiger partial charge in [-0.05, 0) is 78.9 Å². The van der Waals surface area contributed by atoms with Gasteiger partial charge in [0.05, 0.1) is 18.9 Å². The zero-order valence-corrected chi connectivity index (χ0v) is 25.1. The monoisotopic (exact) mass is 663 g/mol. The van der Waals surface area contributed by atoms with Crippen LogP contribution in [0.15, 0.2) is 94.5 Å². The summed E-state index contributed by atoms with van der Waals surface area (Å²) in [7, 11) is 1.39. The zero-order chi connectivity index (χ0) is 30.9. The number of esters is 2. The van der Waals surface area contributed by atoms with Crippen molar-refractivity contribution in [2.45, 2.75) is 6.92 Å². The Balaban J connectivity index is 1.42. The number of nitrogens with one attached hydrogen (secondary N) is 2. The molecule has 218 valence electrons. The number of hydrazone groups is 1. The molecule has 4 aromatic carbocycles. The van der Waals surface area contributed by atoms with Gasteiger partial charge in [-0.15, -0.1) is 0 Å². The van der Waals surface area contributed by atoms with Crippen molar-refractivity contribution in [3.05, 3.63) is 117 Å². The number of methoxy groups -OCH3 is 1. The van der Waals surface area contributed by atoms with Crippen LogP contribution in [0.25, 0.3) is 0 Å². The maximum absolute atomic E-state index is 12.8. The quantitative estimate of drug-likeness (QED) is 0.0933. The first-order chi connectivity index (χ1) is 20.6. The molecule has 4 rings (SSSR count). The first kappa shape index (κ1) is 30.9. The third-order valence-electron chi connectivity index (χ3n) is 5.69. The van der Waals surface area contributed by atoms with Crippen molar-refractivity contribution < 1.29 is 33.4 Å². The van der Waals surface area contributed by atoms with Crippen LogP contribution < -0.4 is 25.0 Å². The van der Waals surface area contributed by atoms with Crippen LogP contribution in [0.4, 0.5) is 5.69 Å². The summed E-state index contributed by atoms with van der Waals surface area (Å²) in [6, 6.07) is 21.8. The fraction of sp³-hybridized carbons (Fsp3) is 0.0645. The Morgan fingerprint density at radius 3 is 2.21 bits per heavy atom. The molecule has 0 heterocycles. The van der Waals surface area contributed by atoms with Crippen LogP contribution in [0.2, 0.25) is 5.02 Å². The van der Waals surface area contributed by atoms with E-state index in [2.05, 4.69) is 31.8 Å². The summed E-state index contributed by atoms with van der Waals surface area (Å²) in [6.45, 7) is 1.26. The SMILES string of the molecule is COc1cc(C(=O)Nc2cccc(C(=O)NN=Cc3cc(Br)ccc3OC(=O)c3ccc(Cl)cc3)c2)ccc1OC(C)=O. The van der Waals surface area contributed by atoms with Crippen molar-refractivity contribution in [1.29, 1.82) is 0 Å². The Labute approximate surface area is 259 Å². The number of hydrogen-bond donors (Lipinski definition) is 2. The number of halogens is 2. The molecule has 10 nitrogen and oxygen atoms in total. The van der Waals surface area contributed by atoms with Crippen molar-refractivity contribution in [3.8, 4) is 17.2 Å². The minimum Gasteiger partial charge on any atom is -0.493 e. The predicted molar refractivity (Wildman–Crippen MR) is 164 cm³/mol. The van der Waals surface area contributed by atoms with Gasteiger partial charge in [0.25, 0.3) is 11.8 Å². The molecule has 2 N–H and O–H groups in total. The van der Waals surface area contributed by atoms with Gasteiger partial charge in [0.2, 0.25) is 0 Å². The summed E-state index contributed by atoms with van der Waals surface area (Å²) in [5, 5.41) is 7.21. The number of ether oxygens (including phenoxy) is 3.